The van der Waals surface area contributed by atoms with E-state index in [-0.39, 0.29) is 0 Å². The summed E-state index contributed by atoms with van der Waals surface area (Å²) in [6.07, 6.45) is 5.36. The van der Waals surface area contributed by atoms with Gasteiger partial charge in [0.25, 0.3) is 0 Å². The monoisotopic (exact) mass is 348 g/mol. The predicted molar refractivity (Wildman–Crippen MR) is 100 cm³/mol. The fourth-order valence-electron chi connectivity index (χ4n) is 2.23. The highest BCUT2D eigenvalue weighted by atomic mass is 32.1. The van der Waals surface area contributed by atoms with Crippen LogP contribution in [0.2, 0.25) is 0 Å². The van der Waals surface area contributed by atoms with Gasteiger partial charge in [0.15, 0.2) is 0 Å². The summed E-state index contributed by atoms with van der Waals surface area (Å²) in [5.74, 6) is 2.41. The molecule has 0 N–H and O–H groups in total. The van der Waals surface area contributed by atoms with E-state index in [2.05, 4.69) is 11.1 Å². The first-order chi connectivity index (χ1) is 12.2. The van der Waals surface area contributed by atoms with E-state index in [9.17, 15) is 5.26 Å². The smallest absolute Gasteiger partial charge is 0.134 e. The summed E-state index contributed by atoms with van der Waals surface area (Å²) in [7, 11) is 1.64. The lowest BCUT2D eigenvalue weighted by atomic mass is 10.1. The number of thiazole rings is 1. The highest BCUT2D eigenvalue weighted by Gasteiger charge is 2.08. The molecule has 0 saturated carbocycles. The van der Waals surface area contributed by atoms with E-state index >= 15 is 0 Å². The van der Waals surface area contributed by atoms with Crippen LogP contribution in [0.1, 0.15) is 16.5 Å². The summed E-state index contributed by atoms with van der Waals surface area (Å²) in [5.41, 5.74) is 2.35. The third-order valence-electron chi connectivity index (χ3n) is 3.53. The molecule has 0 bridgehead atoms. The number of benzene rings is 1. The molecule has 4 nitrogen and oxygen atoms in total. The maximum atomic E-state index is 9.40. The molecule has 2 aromatic heterocycles. The molecule has 0 aliphatic rings. The molecule has 5 heteroatoms. The zero-order chi connectivity index (χ0) is 17.6. The molecule has 124 valence electrons. The number of hydrogen-bond donors (Lipinski definition) is 0. The number of aryl methyl sites for hydroxylation is 1. The van der Waals surface area contributed by atoms with E-state index in [1.807, 2.05) is 54.8 Å². The normalized spacial score (nSPS) is 11.6. The van der Waals surface area contributed by atoms with Crippen molar-refractivity contribution < 1.29 is 9.15 Å². The van der Waals surface area contributed by atoms with Crippen LogP contribution in [0.25, 0.3) is 22.9 Å². The number of nitrogens with zero attached hydrogens (tertiary/aromatic N) is 2. The van der Waals surface area contributed by atoms with Crippen molar-refractivity contribution in [2.45, 2.75) is 6.92 Å². The number of nitriles is 1. The minimum atomic E-state index is 0.518. The third kappa shape index (κ3) is 4.06. The van der Waals surface area contributed by atoms with Gasteiger partial charge in [-0.25, -0.2) is 4.98 Å². The van der Waals surface area contributed by atoms with Gasteiger partial charge in [0.1, 0.15) is 28.3 Å². The molecule has 0 amide bonds. The van der Waals surface area contributed by atoms with Crippen LogP contribution in [-0.4, -0.2) is 12.1 Å². The van der Waals surface area contributed by atoms with Gasteiger partial charge < -0.3 is 9.15 Å². The van der Waals surface area contributed by atoms with Crippen molar-refractivity contribution in [1.82, 2.24) is 4.98 Å². The van der Waals surface area contributed by atoms with E-state index in [0.717, 1.165) is 28.5 Å². The number of allylic oxidation sites excluding steroid dienone is 3. The Morgan fingerprint density at radius 2 is 2.04 bits per heavy atom. The Hall–Kier alpha value is -3.10. The maximum Gasteiger partial charge on any atom is 0.134 e. The molecule has 0 aliphatic heterocycles. The van der Waals surface area contributed by atoms with E-state index in [1.165, 1.54) is 11.3 Å². The van der Waals surface area contributed by atoms with Gasteiger partial charge in [-0.2, -0.15) is 5.26 Å². The SMILES string of the molecule is COc1ccc(-c2csc(/C(C#N)=C\C=C\c3ccc(C)o3)n2)cc1. The first-order valence-corrected chi connectivity index (χ1v) is 8.53. The second-order valence-electron chi connectivity index (χ2n) is 5.27. The molecular weight excluding hydrogens is 332 g/mol. The fraction of sp³-hybridized carbons (Fsp3) is 0.100. The molecule has 0 aliphatic carbocycles. The van der Waals surface area contributed by atoms with E-state index in [1.54, 1.807) is 19.3 Å². The molecule has 0 atom stereocenters. The van der Waals surface area contributed by atoms with Gasteiger partial charge in [-0.3, -0.25) is 0 Å². The highest BCUT2D eigenvalue weighted by Crippen LogP contribution is 2.27. The summed E-state index contributed by atoms with van der Waals surface area (Å²) in [4.78, 5) is 4.57. The van der Waals surface area contributed by atoms with Gasteiger partial charge >= 0.3 is 0 Å². The molecule has 3 aromatic rings. The molecular formula is C20H16N2O2S. The quantitative estimate of drug-likeness (QED) is 0.461. The van der Waals surface area contributed by atoms with E-state index in [4.69, 9.17) is 9.15 Å². The Morgan fingerprint density at radius 3 is 2.68 bits per heavy atom. The molecule has 0 saturated heterocycles. The van der Waals surface area contributed by atoms with Crippen LogP contribution < -0.4 is 4.74 Å². The summed E-state index contributed by atoms with van der Waals surface area (Å²) >= 11 is 1.45. The minimum Gasteiger partial charge on any atom is -0.497 e. The van der Waals surface area contributed by atoms with Crippen molar-refractivity contribution in [2.75, 3.05) is 7.11 Å². The number of hydrogen-bond acceptors (Lipinski definition) is 5. The Bertz CT molecular complexity index is 956. The van der Waals surface area contributed by atoms with Crippen molar-refractivity contribution in [1.29, 1.82) is 5.26 Å². The minimum absolute atomic E-state index is 0.518. The van der Waals surface area contributed by atoms with Crippen LogP contribution in [-0.2, 0) is 0 Å². The van der Waals surface area contributed by atoms with Crippen LogP contribution in [0.15, 0.2) is 58.3 Å². The van der Waals surface area contributed by atoms with Gasteiger partial charge in [-0.15, -0.1) is 11.3 Å². The van der Waals surface area contributed by atoms with Gasteiger partial charge in [0, 0.05) is 10.9 Å². The molecule has 0 unspecified atom stereocenters. The van der Waals surface area contributed by atoms with Crippen LogP contribution >= 0.6 is 11.3 Å². The van der Waals surface area contributed by atoms with Crippen molar-refractivity contribution in [2.24, 2.45) is 0 Å². The fourth-order valence-corrected chi connectivity index (χ4v) is 3.03. The van der Waals surface area contributed by atoms with Gasteiger partial charge in [0.2, 0.25) is 0 Å². The predicted octanol–water partition coefficient (Wildman–Crippen LogP) is 5.34. The third-order valence-corrected chi connectivity index (χ3v) is 4.40. The summed E-state index contributed by atoms with van der Waals surface area (Å²) in [6.45, 7) is 1.89. The second kappa shape index (κ2) is 7.65. The zero-order valence-electron chi connectivity index (χ0n) is 13.9. The standard InChI is InChI=1S/C20H16N2O2S/c1-14-6-9-18(24-14)5-3-4-16(12-21)20-22-19(13-25-20)15-7-10-17(23-2)11-8-15/h3-11,13H,1-2H3/b5-3+,16-4-. The van der Waals surface area contributed by atoms with Gasteiger partial charge in [-0.1, -0.05) is 6.08 Å². The largest absolute Gasteiger partial charge is 0.497 e. The summed E-state index contributed by atoms with van der Waals surface area (Å²) in [6, 6.07) is 13.7. The average Bonchev–Trinajstić information content (AvgIpc) is 3.28. The molecule has 0 spiro atoms. The Kier molecular flexibility index (Phi) is 5.12. The Morgan fingerprint density at radius 1 is 1.24 bits per heavy atom. The Labute approximate surface area is 150 Å². The van der Waals surface area contributed by atoms with E-state index < -0.39 is 0 Å². The topological polar surface area (TPSA) is 59.0 Å². The molecule has 0 radical (unpaired) electrons. The van der Waals surface area contributed by atoms with Crippen molar-refractivity contribution in [3.05, 3.63) is 70.5 Å². The van der Waals surface area contributed by atoms with Crippen LogP contribution in [0.3, 0.4) is 0 Å². The number of methoxy groups -OCH3 is 1. The molecule has 2 heterocycles. The van der Waals surface area contributed by atoms with Crippen LogP contribution in [0.5, 0.6) is 5.75 Å². The van der Waals surface area contributed by atoms with Crippen LogP contribution in [0, 0.1) is 18.3 Å². The first kappa shape index (κ1) is 16.7. The lowest BCUT2D eigenvalue weighted by Gasteiger charge is -2.00. The van der Waals surface area contributed by atoms with E-state index in [0.29, 0.717) is 10.6 Å². The van der Waals surface area contributed by atoms with Gasteiger partial charge in [-0.05, 0) is 55.5 Å². The maximum absolute atomic E-state index is 9.40. The first-order valence-electron chi connectivity index (χ1n) is 7.65. The lowest BCUT2D eigenvalue weighted by molar-refractivity contribution is 0.415. The van der Waals surface area contributed by atoms with Crippen molar-refractivity contribution >= 4 is 23.0 Å². The van der Waals surface area contributed by atoms with Crippen molar-refractivity contribution in [3.63, 3.8) is 0 Å². The number of rotatable bonds is 5. The second-order valence-corrected chi connectivity index (χ2v) is 6.12. The van der Waals surface area contributed by atoms with Crippen molar-refractivity contribution in [3.8, 4) is 23.1 Å². The summed E-state index contributed by atoms with van der Waals surface area (Å²) < 4.78 is 10.6. The molecule has 25 heavy (non-hydrogen) atoms. The molecule has 3 rings (SSSR count). The molecule has 0 fully saturated rings. The number of furan rings is 1. The molecule has 1 aromatic carbocycles. The average molecular weight is 348 g/mol. The highest BCUT2D eigenvalue weighted by molar-refractivity contribution is 7.11. The summed E-state index contributed by atoms with van der Waals surface area (Å²) in [5, 5.41) is 12.0. The Balaban J connectivity index is 1.79. The zero-order valence-corrected chi connectivity index (χ0v) is 14.7. The van der Waals surface area contributed by atoms with Gasteiger partial charge in [0.05, 0.1) is 18.4 Å². The number of ether oxygens (including phenoxy) is 1. The van der Waals surface area contributed by atoms with Crippen LogP contribution in [0.4, 0.5) is 0 Å². The number of aromatic nitrogens is 1. The lowest BCUT2D eigenvalue weighted by Crippen LogP contribution is -1.84.